The fourth-order valence-electron chi connectivity index (χ4n) is 2.50. The minimum atomic E-state index is -0.456. The van der Waals surface area contributed by atoms with Crippen molar-refractivity contribution in [2.24, 2.45) is 0 Å². The first-order chi connectivity index (χ1) is 11.1. The second kappa shape index (κ2) is 5.92. The number of non-ortho nitro benzene ring substituents is 1. The van der Waals surface area contributed by atoms with Gasteiger partial charge in [-0.2, -0.15) is 0 Å². The molecule has 2 aromatic rings. The van der Waals surface area contributed by atoms with E-state index in [1.165, 1.54) is 12.1 Å². The Balaban J connectivity index is 2.05. The summed E-state index contributed by atoms with van der Waals surface area (Å²) < 4.78 is 0. The quantitative estimate of drug-likeness (QED) is 0.643. The van der Waals surface area contributed by atoms with Crippen molar-refractivity contribution in [3.8, 4) is 0 Å². The van der Waals surface area contributed by atoms with Crippen molar-refractivity contribution in [3.05, 3.63) is 76.4 Å². The molecule has 0 radical (unpaired) electrons. The Kier molecular flexibility index (Phi) is 3.80. The number of anilines is 1. The van der Waals surface area contributed by atoms with Gasteiger partial charge in [0.2, 0.25) is 0 Å². The molecule has 0 aliphatic carbocycles. The first-order valence-corrected chi connectivity index (χ1v) is 7.13. The zero-order chi connectivity index (χ0) is 16.4. The number of nitro groups is 1. The lowest BCUT2D eigenvalue weighted by Crippen LogP contribution is -2.44. The number of carbonyl (C=O) groups excluding carboxylic acids is 1. The summed E-state index contributed by atoms with van der Waals surface area (Å²) in [4.78, 5) is 26.1. The molecule has 0 saturated heterocycles. The molecule has 0 saturated carbocycles. The Morgan fingerprint density at radius 1 is 1.04 bits per heavy atom. The Morgan fingerprint density at radius 3 is 2.30 bits per heavy atom. The van der Waals surface area contributed by atoms with Gasteiger partial charge in [-0.05, 0) is 23.8 Å². The smallest absolute Gasteiger partial charge is 0.323 e. The molecule has 0 unspecified atom stereocenters. The van der Waals surface area contributed by atoms with Gasteiger partial charge >= 0.3 is 6.03 Å². The number of nitrogens with zero attached hydrogens (tertiary/aromatic N) is 3. The van der Waals surface area contributed by atoms with Gasteiger partial charge in [0.25, 0.3) is 5.69 Å². The topological polar surface area (TPSA) is 66.7 Å². The Bertz CT molecular complexity index is 769. The molecule has 1 heterocycles. The summed E-state index contributed by atoms with van der Waals surface area (Å²) in [5.41, 5.74) is 2.30. The zero-order valence-electron chi connectivity index (χ0n) is 12.5. The number of urea groups is 1. The average molecular weight is 309 g/mol. The molecule has 0 atom stereocenters. The molecule has 3 rings (SSSR count). The first-order valence-electron chi connectivity index (χ1n) is 7.13. The molecule has 2 aromatic carbocycles. The van der Waals surface area contributed by atoms with E-state index < -0.39 is 4.92 Å². The summed E-state index contributed by atoms with van der Waals surface area (Å²) in [6, 6.07) is 15.4. The molecule has 0 spiro atoms. The van der Waals surface area contributed by atoms with Gasteiger partial charge in [0.15, 0.2) is 0 Å². The Morgan fingerprint density at radius 2 is 1.70 bits per heavy atom. The van der Waals surface area contributed by atoms with E-state index in [2.05, 4.69) is 0 Å². The fourth-order valence-corrected chi connectivity index (χ4v) is 2.50. The first kappa shape index (κ1) is 14.8. The summed E-state index contributed by atoms with van der Waals surface area (Å²) in [6.45, 7) is 0.520. The summed E-state index contributed by atoms with van der Waals surface area (Å²) >= 11 is 0. The predicted octanol–water partition coefficient (Wildman–Crippen LogP) is 3.51. The maximum atomic E-state index is 12.6. The van der Waals surface area contributed by atoms with Crippen LogP contribution in [0.5, 0.6) is 0 Å². The van der Waals surface area contributed by atoms with Crippen molar-refractivity contribution >= 4 is 23.1 Å². The molecular weight excluding hydrogens is 294 g/mol. The summed E-state index contributed by atoms with van der Waals surface area (Å²) in [6.07, 6.45) is 1.97. The third-order valence-electron chi connectivity index (χ3n) is 3.71. The van der Waals surface area contributed by atoms with E-state index >= 15 is 0 Å². The molecular formula is C17H15N3O3. The van der Waals surface area contributed by atoms with E-state index in [1.54, 1.807) is 29.0 Å². The lowest BCUT2D eigenvalue weighted by molar-refractivity contribution is -0.384. The molecule has 0 fully saturated rings. The van der Waals surface area contributed by atoms with Crippen LogP contribution in [0.4, 0.5) is 16.2 Å². The molecule has 1 aliphatic rings. The average Bonchev–Trinajstić information content (AvgIpc) is 2.58. The fraction of sp³-hybridized carbons (Fsp3) is 0.118. The number of amides is 2. The van der Waals surface area contributed by atoms with Gasteiger partial charge in [0, 0.05) is 25.7 Å². The van der Waals surface area contributed by atoms with Gasteiger partial charge in [-0.15, -0.1) is 0 Å². The lowest BCUT2D eigenvalue weighted by Gasteiger charge is -2.34. The van der Waals surface area contributed by atoms with Gasteiger partial charge < -0.3 is 4.90 Å². The molecule has 6 heteroatoms. The maximum absolute atomic E-state index is 12.6. The monoisotopic (exact) mass is 309 g/mol. The van der Waals surface area contributed by atoms with Crippen LogP contribution >= 0.6 is 0 Å². The van der Waals surface area contributed by atoms with Crippen LogP contribution in [0.2, 0.25) is 0 Å². The van der Waals surface area contributed by atoms with Crippen LogP contribution in [0.3, 0.4) is 0 Å². The van der Waals surface area contributed by atoms with Gasteiger partial charge in [0.1, 0.15) is 0 Å². The van der Waals surface area contributed by atoms with E-state index in [1.807, 2.05) is 36.4 Å². The van der Waals surface area contributed by atoms with Gasteiger partial charge in [0.05, 0.1) is 16.3 Å². The molecule has 6 nitrogen and oxygen atoms in total. The van der Waals surface area contributed by atoms with Crippen LogP contribution in [-0.4, -0.2) is 29.4 Å². The van der Waals surface area contributed by atoms with E-state index in [9.17, 15) is 14.9 Å². The summed E-state index contributed by atoms with van der Waals surface area (Å²) in [5.74, 6) is 0. The van der Waals surface area contributed by atoms with Gasteiger partial charge in [-0.1, -0.05) is 30.3 Å². The van der Waals surface area contributed by atoms with Crippen LogP contribution < -0.4 is 4.90 Å². The number of benzene rings is 2. The van der Waals surface area contributed by atoms with E-state index in [-0.39, 0.29) is 11.7 Å². The molecule has 1 aliphatic heterocycles. The standard InChI is InChI=1S/C17H15N3O3/c1-18-12-11-16(13-5-3-2-4-6-13)19(17(18)21)14-7-9-15(10-8-14)20(22)23/h2-11H,12H2,1H3. The second-order valence-electron chi connectivity index (χ2n) is 5.23. The van der Waals surface area contributed by atoms with Gasteiger partial charge in [-0.25, -0.2) is 4.79 Å². The Hall–Kier alpha value is -3.15. The van der Waals surface area contributed by atoms with Crippen molar-refractivity contribution < 1.29 is 9.72 Å². The van der Waals surface area contributed by atoms with Crippen LogP contribution in [-0.2, 0) is 0 Å². The second-order valence-corrected chi connectivity index (χ2v) is 5.23. The van der Waals surface area contributed by atoms with Crippen LogP contribution in [0.25, 0.3) is 5.70 Å². The highest BCUT2D eigenvalue weighted by Gasteiger charge is 2.28. The number of hydrogen-bond acceptors (Lipinski definition) is 3. The SMILES string of the molecule is CN1CC=C(c2ccccc2)N(c2ccc([N+](=O)[O-])cc2)C1=O. The number of hydrogen-bond donors (Lipinski definition) is 0. The minimum absolute atomic E-state index is 0.00296. The van der Waals surface area contributed by atoms with Crippen LogP contribution in [0, 0.1) is 10.1 Å². The van der Waals surface area contributed by atoms with Crippen molar-refractivity contribution in [2.75, 3.05) is 18.5 Å². The van der Waals surface area contributed by atoms with Crippen molar-refractivity contribution in [1.29, 1.82) is 0 Å². The number of rotatable bonds is 3. The highest BCUT2D eigenvalue weighted by atomic mass is 16.6. The predicted molar refractivity (Wildman–Crippen MR) is 88.0 cm³/mol. The highest BCUT2D eigenvalue weighted by molar-refractivity contribution is 6.06. The third kappa shape index (κ3) is 2.78. The highest BCUT2D eigenvalue weighted by Crippen LogP contribution is 2.31. The van der Waals surface area contributed by atoms with E-state index in [0.717, 1.165) is 11.3 Å². The molecule has 0 aromatic heterocycles. The van der Waals surface area contributed by atoms with Crippen LogP contribution in [0.15, 0.2) is 60.7 Å². The molecule has 0 bridgehead atoms. The molecule has 0 N–H and O–H groups in total. The minimum Gasteiger partial charge on any atom is -0.323 e. The van der Waals surface area contributed by atoms with Crippen molar-refractivity contribution in [3.63, 3.8) is 0 Å². The molecule has 23 heavy (non-hydrogen) atoms. The number of carbonyl (C=O) groups is 1. The van der Waals surface area contributed by atoms with E-state index in [4.69, 9.17) is 0 Å². The van der Waals surface area contributed by atoms with Crippen molar-refractivity contribution in [1.82, 2.24) is 4.90 Å². The number of likely N-dealkylation sites (N-methyl/N-ethyl adjacent to an activating group) is 1. The molecule has 2 amide bonds. The van der Waals surface area contributed by atoms with Crippen molar-refractivity contribution in [2.45, 2.75) is 0 Å². The zero-order valence-corrected chi connectivity index (χ0v) is 12.5. The van der Waals surface area contributed by atoms with E-state index in [0.29, 0.717) is 12.2 Å². The number of nitro benzene ring substituents is 1. The third-order valence-corrected chi connectivity index (χ3v) is 3.71. The maximum Gasteiger partial charge on any atom is 0.329 e. The van der Waals surface area contributed by atoms with Crippen LogP contribution in [0.1, 0.15) is 5.56 Å². The summed E-state index contributed by atoms with van der Waals surface area (Å²) in [5, 5.41) is 10.8. The Labute approximate surface area is 133 Å². The largest absolute Gasteiger partial charge is 0.329 e. The summed E-state index contributed by atoms with van der Waals surface area (Å²) in [7, 11) is 1.72. The molecule has 116 valence electrons. The lowest BCUT2D eigenvalue weighted by atomic mass is 10.1. The normalized spacial score (nSPS) is 14.7. The van der Waals surface area contributed by atoms with Gasteiger partial charge in [-0.3, -0.25) is 15.0 Å².